The number of rotatable bonds is 1. The minimum absolute atomic E-state index is 0.364. The maximum absolute atomic E-state index is 10.9. The van der Waals surface area contributed by atoms with Crippen LogP contribution in [0.4, 0.5) is 5.69 Å². The Kier molecular flexibility index (Phi) is 5.61. The average Bonchev–Trinajstić information content (AvgIpc) is 2.42. The molecule has 3 nitrogen and oxygen atoms in total. The number of methoxy groups -OCH3 is 1. The van der Waals surface area contributed by atoms with E-state index in [-0.39, 0.29) is 5.97 Å². The van der Waals surface area contributed by atoms with Crippen LogP contribution in [0.1, 0.15) is 21.5 Å². The van der Waals surface area contributed by atoms with Gasteiger partial charge in [-0.1, -0.05) is 30.3 Å². The van der Waals surface area contributed by atoms with Crippen molar-refractivity contribution in [1.29, 1.82) is 0 Å². The van der Waals surface area contributed by atoms with E-state index in [0.717, 1.165) is 0 Å². The van der Waals surface area contributed by atoms with Crippen molar-refractivity contribution in [2.75, 3.05) is 12.8 Å². The molecule has 2 rings (SSSR count). The Morgan fingerprint density at radius 1 is 1.00 bits per heavy atom. The summed E-state index contributed by atoms with van der Waals surface area (Å²) in [4.78, 5) is 10.9. The summed E-state index contributed by atoms with van der Waals surface area (Å²) in [5, 5.41) is 0. The van der Waals surface area contributed by atoms with E-state index in [2.05, 4.69) is 42.8 Å². The third kappa shape index (κ3) is 4.84. The molecule has 2 aromatic carbocycles. The van der Waals surface area contributed by atoms with Gasteiger partial charge in [-0.3, -0.25) is 0 Å². The normalized spacial score (nSPS) is 9.21. The number of ether oxygens (including phenoxy) is 1. The Bertz CT molecular complexity index is 529. The van der Waals surface area contributed by atoms with Crippen LogP contribution in [0.25, 0.3) is 0 Å². The minimum atomic E-state index is -0.364. The molecule has 0 radical (unpaired) electrons. The Morgan fingerprint density at radius 2 is 1.58 bits per heavy atom. The highest BCUT2D eigenvalue weighted by atomic mass is 16.5. The first-order valence-corrected chi connectivity index (χ1v) is 6.00. The van der Waals surface area contributed by atoms with Gasteiger partial charge in [-0.25, -0.2) is 4.79 Å². The molecule has 0 saturated carbocycles. The molecule has 2 N–H and O–H groups in total. The molecule has 100 valence electrons. The Labute approximate surface area is 114 Å². The molecule has 0 aromatic heterocycles. The van der Waals surface area contributed by atoms with Gasteiger partial charge in [0.15, 0.2) is 0 Å². The van der Waals surface area contributed by atoms with E-state index in [4.69, 9.17) is 5.73 Å². The number of hydrogen-bond donors (Lipinski definition) is 1. The Morgan fingerprint density at radius 3 is 2.00 bits per heavy atom. The molecule has 0 atom stereocenters. The van der Waals surface area contributed by atoms with Crippen molar-refractivity contribution in [2.24, 2.45) is 0 Å². The van der Waals surface area contributed by atoms with Crippen molar-refractivity contribution in [3.63, 3.8) is 0 Å². The molecule has 0 aliphatic carbocycles. The molecule has 0 spiro atoms. The lowest BCUT2D eigenvalue weighted by Crippen LogP contribution is -2.01. The molecule has 3 heteroatoms. The number of nitrogen functional groups attached to an aromatic ring is 1. The van der Waals surface area contributed by atoms with Crippen molar-refractivity contribution < 1.29 is 9.53 Å². The third-order valence-corrected chi connectivity index (χ3v) is 2.73. The summed E-state index contributed by atoms with van der Waals surface area (Å²) >= 11 is 0. The van der Waals surface area contributed by atoms with E-state index < -0.39 is 0 Å². The number of benzene rings is 2. The number of hydrogen-bond acceptors (Lipinski definition) is 3. The quantitative estimate of drug-likeness (QED) is 0.629. The number of carbonyl (C=O) groups is 1. The lowest BCUT2D eigenvalue weighted by Gasteiger charge is -1.98. The molecule has 0 aliphatic heterocycles. The predicted molar refractivity (Wildman–Crippen MR) is 78.1 cm³/mol. The monoisotopic (exact) mass is 257 g/mol. The summed E-state index contributed by atoms with van der Waals surface area (Å²) < 4.78 is 4.50. The van der Waals surface area contributed by atoms with Crippen molar-refractivity contribution in [2.45, 2.75) is 13.8 Å². The maximum atomic E-state index is 10.9. The smallest absolute Gasteiger partial charge is 0.337 e. The zero-order valence-electron chi connectivity index (χ0n) is 11.5. The first-order chi connectivity index (χ1) is 9.04. The second-order valence-corrected chi connectivity index (χ2v) is 4.20. The lowest BCUT2D eigenvalue weighted by molar-refractivity contribution is 0.0601. The molecule has 0 amide bonds. The lowest BCUT2D eigenvalue weighted by atomic mass is 10.1. The van der Waals surface area contributed by atoms with Gasteiger partial charge in [0.1, 0.15) is 0 Å². The molecule has 0 fully saturated rings. The number of nitrogens with two attached hydrogens (primary N) is 1. The fourth-order valence-corrected chi connectivity index (χ4v) is 1.45. The standard InChI is InChI=1S/C8H9NO2.C8H10/c1-11-8(10)6-3-2-4-7(9)5-6;1-7-5-3-4-6-8(7)2/h2-5H,9H2,1H3;3-6H,1-2H3. The van der Waals surface area contributed by atoms with Gasteiger partial charge in [-0.15, -0.1) is 0 Å². The molecular formula is C16H19NO2. The van der Waals surface area contributed by atoms with Crippen LogP contribution < -0.4 is 5.73 Å². The molecule has 0 bridgehead atoms. The van der Waals surface area contributed by atoms with Crippen LogP contribution in [0.15, 0.2) is 48.5 Å². The van der Waals surface area contributed by atoms with Gasteiger partial charge in [0.05, 0.1) is 12.7 Å². The molecule has 0 saturated heterocycles. The minimum Gasteiger partial charge on any atom is -0.465 e. The molecule has 0 aliphatic rings. The number of esters is 1. The zero-order valence-corrected chi connectivity index (χ0v) is 11.5. The van der Waals surface area contributed by atoms with E-state index >= 15 is 0 Å². The van der Waals surface area contributed by atoms with Crippen LogP contribution in [0.5, 0.6) is 0 Å². The van der Waals surface area contributed by atoms with Gasteiger partial charge >= 0.3 is 5.97 Å². The van der Waals surface area contributed by atoms with Gasteiger partial charge in [-0.05, 0) is 43.2 Å². The topological polar surface area (TPSA) is 52.3 Å². The van der Waals surface area contributed by atoms with Crippen molar-refractivity contribution >= 4 is 11.7 Å². The summed E-state index contributed by atoms with van der Waals surface area (Å²) in [7, 11) is 1.34. The molecule has 19 heavy (non-hydrogen) atoms. The van der Waals surface area contributed by atoms with Gasteiger partial charge in [-0.2, -0.15) is 0 Å². The fourth-order valence-electron chi connectivity index (χ4n) is 1.45. The zero-order chi connectivity index (χ0) is 14.3. The highest BCUT2D eigenvalue weighted by Gasteiger charge is 2.03. The molecule has 0 heterocycles. The number of aryl methyl sites for hydroxylation is 2. The SMILES string of the molecule is COC(=O)c1cccc(N)c1.Cc1ccccc1C. The van der Waals surface area contributed by atoms with Gasteiger partial charge in [0.2, 0.25) is 0 Å². The van der Waals surface area contributed by atoms with Crippen molar-refractivity contribution in [1.82, 2.24) is 0 Å². The molecule has 0 unspecified atom stereocenters. The number of anilines is 1. The van der Waals surface area contributed by atoms with Crippen LogP contribution >= 0.6 is 0 Å². The highest BCUT2D eigenvalue weighted by Crippen LogP contribution is 2.06. The first-order valence-electron chi connectivity index (χ1n) is 6.00. The van der Waals surface area contributed by atoms with Crippen LogP contribution in [-0.2, 0) is 4.74 Å². The van der Waals surface area contributed by atoms with Gasteiger partial charge in [0, 0.05) is 5.69 Å². The third-order valence-electron chi connectivity index (χ3n) is 2.73. The van der Waals surface area contributed by atoms with Gasteiger partial charge < -0.3 is 10.5 Å². The molecular weight excluding hydrogens is 238 g/mol. The van der Waals surface area contributed by atoms with Crippen molar-refractivity contribution in [3.8, 4) is 0 Å². The summed E-state index contributed by atoms with van der Waals surface area (Å²) in [5.74, 6) is -0.364. The fraction of sp³-hybridized carbons (Fsp3) is 0.188. The summed E-state index contributed by atoms with van der Waals surface area (Å²) in [6.07, 6.45) is 0. The Balaban J connectivity index is 0.000000200. The summed E-state index contributed by atoms with van der Waals surface area (Å²) in [6.45, 7) is 4.24. The van der Waals surface area contributed by atoms with E-state index in [0.29, 0.717) is 11.3 Å². The summed E-state index contributed by atoms with van der Waals surface area (Å²) in [5.41, 5.74) is 9.22. The first kappa shape index (κ1) is 14.8. The predicted octanol–water partition coefficient (Wildman–Crippen LogP) is 3.36. The van der Waals surface area contributed by atoms with Crippen LogP contribution in [0.2, 0.25) is 0 Å². The van der Waals surface area contributed by atoms with E-state index in [1.54, 1.807) is 24.3 Å². The van der Waals surface area contributed by atoms with Crippen LogP contribution in [0.3, 0.4) is 0 Å². The highest BCUT2D eigenvalue weighted by molar-refractivity contribution is 5.90. The Hall–Kier alpha value is -2.29. The van der Waals surface area contributed by atoms with Crippen LogP contribution in [-0.4, -0.2) is 13.1 Å². The summed E-state index contributed by atoms with van der Waals surface area (Å²) in [6, 6.07) is 15.0. The molecule has 2 aromatic rings. The van der Waals surface area contributed by atoms with E-state index in [1.807, 2.05) is 0 Å². The second kappa shape index (κ2) is 7.21. The average molecular weight is 257 g/mol. The van der Waals surface area contributed by atoms with Gasteiger partial charge in [0.25, 0.3) is 0 Å². The van der Waals surface area contributed by atoms with Crippen LogP contribution in [0, 0.1) is 13.8 Å². The van der Waals surface area contributed by atoms with Crippen molar-refractivity contribution in [3.05, 3.63) is 65.2 Å². The maximum Gasteiger partial charge on any atom is 0.337 e. The largest absolute Gasteiger partial charge is 0.465 e. The van der Waals surface area contributed by atoms with E-state index in [9.17, 15) is 4.79 Å². The van der Waals surface area contributed by atoms with E-state index in [1.165, 1.54) is 18.2 Å². The second-order valence-electron chi connectivity index (χ2n) is 4.20. The number of carbonyl (C=O) groups excluding carboxylic acids is 1.